The number of ketones is 1. The summed E-state index contributed by atoms with van der Waals surface area (Å²) >= 11 is 5.87. The van der Waals surface area contributed by atoms with Gasteiger partial charge in [0.2, 0.25) is 0 Å². The van der Waals surface area contributed by atoms with Gasteiger partial charge in [0.1, 0.15) is 11.6 Å². The zero-order valence-corrected chi connectivity index (χ0v) is 11.8. The Hall–Kier alpha value is -0.890. The van der Waals surface area contributed by atoms with E-state index < -0.39 is 5.82 Å². The zero-order chi connectivity index (χ0) is 13.5. The highest BCUT2D eigenvalue weighted by Gasteiger charge is 2.18. The van der Waals surface area contributed by atoms with Crippen molar-refractivity contribution in [2.75, 3.05) is 0 Å². The Morgan fingerprint density at radius 1 is 1.28 bits per heavy atom. The van der Waals surface area contributed by atoms with Crippen LogP contribution in [0, 0.1) is 11.7 Å². The molecular formula is C15H20ClFO. The van der Waals surface area contributed by atoms with Gasteiger partial charge < -0.3 is 0 Å². The largest absolute Gasteiger partial charge is 0.299 e. The number of Topliss-reactive ketones (excluding diaryl/α,β-unsaturated/α-hetero) is 1. The van der Waals surface area contributed by atoms with E-state index in [1.165, 1.54) is 6.07 Å². The first-order valence-electron chi connectivity index (χ1n) is 6.55. The van der Waals surface area contributed by atoms with Crippen LogP contribution in [0.5, 0.6) is 0 Å². The third kappa shape index (κ3) is 4.09. The van der Waals surface area contributed by atoms with Crippen LogP contribution < -0.4 is 0 Å². The fourth-order valence-corrected chi connectivity index (χ4v) is 2.37. The summed E-state index contributed by atoms with van der Waals surface area (Å²) in [6.07, 6.45) is 4.03. The quantitative estimate of drug-likeness (QED) is 0.695. The van der Waals surface area contributed by atoms with Crippen LogP contribution in [0.2, 0.25) is 5.02 Å². The molecule has 0 aromatic heterocycles. The van der Waals surface area contributed by atoms with Crippen molar-refractivity contribution in [1.82, 2.24) is 0 Å². The maximum atomic E-state index is 13.3. The number of carbonyl (C=O) groups is 1. The highest BCUT2D eigenvalue weighted by Crippen LogP contribution is 2.23. The average molecular weight is 271 g/mol. The van der Waals surface area contributed by atoms with Crippen molar-refractivity contribution in [1.29, 1.82) is 0 Å². The number of carbonyl (C=O) groups excluding carboxylic acids is 1. The summed E-state index contributed by atoms with van der Waals surface area (Å²) in [7, 11) is 0. The lowest BCUT2D eigenvalue weighted by molar-refractivity contribution is -0.122. The van der Waals surface area contributed by atoms with Crippen LogP contribution in [-0.2, 0) is 11.2 Å². The molecule has 0 aliphatic carbocycles. The molecule has 0 atom stereocenters. The van der Waals surface area contributed by atoms with Crippen LogP contribution in [0.3, 0.4) is 0 Å². The van der Waals surface area contributed by atoms with Gasteiger partial charge in [-0.25, -0.2) is 4.39 Å². The highest BCUT2D eigenvalue weighted by atomic mass is 35.5. The lowest BCUT2D eigenvalue weighted by Crippen LogP contribution is -2.17. The molecule has 0 bridgehead atoms. The van der Waals surface area contributed by atoms with Gasteiger partial charge in [0, 0.05) is 12.3 Å². The summed E-state index contributed by atoms with van der Waals surface area (Å²) < 4.78 is 13.3. The molecule has 100 valence electrons. The van der Waals surface area contributed by atoms with Gasteiger partial charge in [0.15, 0.2) is 0 Å². The molecule has 3 heteroatoms. The van der Waals surface area contributed by atoms with E-state index >= 15 is 0 Å². The van der Waals surface area contributed by atoms with Gasteiger partial charge in [-0.2, -0.15) is 0 Å². The maximum absolute atomic E-state index is 13.3. The van der Waals surface area contributed by atoms with Crippen LogP contribution in [0.25, 0.3) is 0 Å². The molecular weight excluding hydrogens is 251 g/mol. The molecule has 0 saturated carbocycles. The van der Waals surface area contributed by atoms with Crippen LogP contribution in [0.15, 0.2) is 18.2 Å². The molecule has 1 rings (SSSR count). The lowest BCUT2D eigenvalue weighted by Gasteiger charge is -2.14. The molecule has 18 heavy (non-hydrogen) atoms. The van der Waals surface area contributed by atoms with Crippen LogP contribution >= 0.6 is 11.6 Å². The Labute approximate surface area is 113 Å². The van der Waals surface area contributed by atoms with Gasteiger partial charge in [-0.3, -0.25) is 4.79 Å². The number of benzene rings is 1. The van der Waals surface area contributed by atoms with Gasteiger partial charge in [0.25, 0.3) is 0 Å². The van der Waals surface area contributed by atoms with Gasteiger partial charge in [0.05, 0.1) is 5.02 Å². The van der Waals surface area contributed by atoms with E-state index in [1.807, 2.05) is 0 Å². The topological polar surface area (TPSA) is 17.1 Å². The first-order chi connectivity index (χ1) is 8.60. The Morgan fingerprint density at radius 3 is 2.44 bits per heavy atom. The fourth-order valence-electron chi connectivity index (χ4n) is 2.18. The van der Waals surface area contributed by atoms with Gasteiger partial charge in [-0.05, 0) is 24.5 Å². The third-order valence-electron chi connectivity index (χ3n) is 3.13. The molecule has 0 unspecified atom stereocenters. The minimum absolute atomic E-state index is 0.0811. The first kappa shape index (κ1) is 15.2. The van der Waals surface area contributed by atoms with Crippen molar-refractivity contribution in [3.63, 3.8) is 0 Å². The third-order valence-corrected chi connectivity index (χ3v) is 3.55. The molecule has 0 aliphatic heterocycles. The molecule has 0 saturated heterocycles. The number of halogens is 2. The summed E-state index contributed by atoms with van der Waals surface area (Å²) in [5.74, 6) is -0.199. The van der Waals surface area contributed by atoms with Crippen molar-refractivity contribution >= 4 is 17.4 Å². The highest BCUT2D eigenvalue weighted by molar-refractivity contribution is 6.31. The Bertz CT molecular complexity index is 397. The van der Waals surface area contributed by atoms with E-state index in [2.05, 4.69) is 13.8 Å². The number of hydrogen-bond acceptors (Lipinski definition) is 1. The average Bonchev–Trinajstić information content (AvgIpc) is 2.34. The normalized spacial score (nSPS) is 10.9. The monoisotopic (exact) mass is 270 g/mol. The van der Waals surface area contributed by atoms with E-state index in [0.29, 0.717) is 5.56 Å². The second kappa shape index (κ2) is 7.52. The predicted octanol–water partition coefficient (Wildman–Crippen LogP) is 4.81. The molecule has 1 aromatic carbocycles. The van der Waals surface area contributed by atoms with Gasteiger partial charge >= 0.3 is 0 Å². The van der Waals surface area contributed by atoms with Crippen LogP contribution in [0.4, 0.5) is 4.39 Å². The molecule has 0 heterocycles. The zero-order valence-electron chi connectivity index (χ0n) is 11.0. The van der Waals surface area contributed by atoms with Crippen LogP contribution in [0.1, 0.15) is 45.1 Å². The Kier molecular flexibility index (Phi) is 6.34. The molecule has 0 N–H and O–H groups in total. The van der Waals surface area contributed by atoms with Crippen LogP contribution in [-0.4, -0.2) is 5.78 Å². The maximum Gasteiger partial charge on any atom is 0.142 e. The van der Waals surface area contributed by atoms with Crippen molar-refractivity contribution in [3.8, 4) is 0 Å². The van der Waals surface area contributed by atoms with E-state index in [1.54, 1.807) is 12.1 Å². The standard InChI is InChI=1S/C15H20ClFO/c1-3-6-11(7-4-2)14(18)10-12-8-5-9-13(17)15(12)16/h5,8-9,11H,3-4,6-7,10H2,1-2H3. The van der Waals surface area contributed by atoms with Crippen molar-refractivity contribution in [3.05, 3.63) is 34.6 Å². The van der Waals surface area contributed by atoms with E-state index in [4.69, 9.17) is 11.6 Å². The minimum atomic E-state index is -0.454. The first-order valence-corrected chi connectivity index (χ1v) is 6.93. The summed E-state index contributed by atoms with van der Waals surface area (Å²) in [5, 5.41) is 0.0811. The smallest absolute Gasteiger partial charge is 0.142 e. The summed E-state index contributed by atoms with van der Waals surface area (Å²) in [4.78, 5) is 12.2. The Balaban J connectivity index is 2.75. The number of hydrogen-bond donors (Lipinski definition) is 0. The Morgan fingerprint density at radius 2 is 1.89 bits per heavy atom. The molecule has 0 fully saturated rings. The van der Waals surface area contributed by atoms with Crippen molar-refractivity contribution in [2.45, 2.75) is 46.0 Å². The van der Waals surface area contributed by atoms with E-state index in [-0.39, 0.29) is 23.1 Å². The summed E-state index contributed by atoms with van der Waals surface area (Å²) in [6, 6.07) is 4.63. The van der Waals surface area contributed by atoms with Gasteiger partial charge in [-0.1, -0.05) is 50.4 Å². The molecule has 0 aliphatic rings. The molecule has 0 spiro atoms. The summed E-state index contributed by atoms with van der Waals surface area (Å²) in [5.41, 5.74) is 0.596. The lowest BCUT2D eigenvalue weighted by atomic mass is 9.90. The predicted molar refractivity (Wildman–Crippen MR) is 73.4 cm³/mol. The van der Waals surface area contributed by atoms with E-state index in [9.17, 15) is 9.18 Å². The molecule has 0 amide bonds. The SMILES string of the molecule is CCCC(CCC)C(=O)Cc1cccc(F)c1Cl. The molecule has 0 radical (unpaired) electrons. The van der Waals surface area contributed by atoms with Gasteiger partial charge in [-0.15, -0.1) is 0 Å². The second-order valence-electron chi connectivity index (χ2n) is 4.63. The van der Waals surface area contributed by atoms with Crippen molar-refractivity contribution < 1.29 is 9.18 Å². The van der Waals surface area contributed by atoms with Crippen molar-refractivity contribution in [2.24, 2.45) is 5.92 Å². The molecule has 1 nitrogen and oxygen atoms in total. The summed E-state index contributed by atoms with van der Waals surface area (Å²) in [6.45, 7) is 4.15. The second-order valence-corrected chi connectivity index (χ2v) is 5.01. The minimum Gasteiger partial charge on any atom is -0.299 e. The fraction of sp³-hybridized carbons (Fsp3) is 0.533. The number of rotatable bonds is 7. The van der Waals surface area contributed by atoms with E-state index in [0.717, 1.165) is 25.7 Å². The molecule has 1 aromatic rings.